The van der Waals surface area contributed by atoms with Crippen LogP contribution in [0, 0.1) is 5.41 Å². The van der Waals surface area contributed by atoms with Gasteiger partial charge in [-0.2, -0.15) is 0 Å². The van der Waals surface area contributed by atoms with Crippen LogP contribution in [-0.4, -0.2) is 35.0 Å². The fourth-order valence-corrected chi connectivity index (χ4v) is 1.46. The van der Waals surface area contributed by atoms with Crippen LogP contribution in [0.5, 0.6) is 0 Å². The Morgan fingerprint density at radius 3 is 2.43 bits per heavy atom. The molecule has 4 nitrogen and oxygen atoms in total. The summed E-state index contributed by atoms with van der Waals surface area (Å²) in [5.74, 6) is -1.27. The van der Waals surface area contributed by atoms with Gasteiger partial charge in [0.1, 0.15) is 5.41 Å². The summed E-state index contributed by atoms with van der Waals surface area (Å²) in [6.45, 7) is 6.32. The average Bonchev–Trinajstić information content (AvgIpc) is 2.93. The minimum Gasteiger partial charge on any atom is -0.480 e. The zero-order valence-corrected chi connectivity index (χ0v) is 8.32. The first-order valence-electron chi connectivity index (χ1n) is 4.72. The molecule has 4 heteroatoms. The molecule has 0 radical (unpaired) electrons. The minimum absolute atomic E-state index is 0.271. The molecule has 0 unspecified atom stereocenters. The quantitative estimate of drug-likeness (QED) is 0.526. The van der Waals surface area contributed by atoms with E-state index in [1.165, 1.54) is 4.90 Å². The van der Waals surface area contributed by atoms with Gasteiger partial charge in [0.25, 0.3) is 0 Å². The first kappa shape index (κ1) is 10.8. The van der Waals surface area contributed by atoms with Crippen LogP contribution >= 0.6 is 0 Å². The normalized spacial score (nSPS) is 17.2. The van der Waals surface area contributed by atoms with Gasteiger partial charge in [-0.05, 0) is 19.8 Å². The molecule has 1 aliphatic carbocycles. The molecule has 0 aliphatic heterocycles. The summed E-state index contributed by atoms with van der Waals surface area (Å²) in [5.41, 5.74) is -1.11. The van der Waals surface area contributed by atoms with Crippen LogP contribution in [0.25, 0.3) is 0 Å². The molecule has 0 aromatic carbocycles. The maximum atomic E-state index is 11.8. The Bertz CT molecular complexity index is 269. The monoisotopic (exact) mass is 197 g/mol. The molecule has 0 atom stereocenters. The summed E-state index contributed by atoms with van der Waals surface area (Å²) in [6, 6.07) is 0. The molecule has 1 saturated carbocycles. The van der Waals surface area contributed by atoms with Gasteiger partial charge in [-0.1, -0.05) is 6.08 Å². The maximum absolute atomic E-state index is 11.8. The average molecular weight is 197 g/mol. The van der Waals surface area contributed by atoms with Crippen molar-refractivity contribution >= 4 is 11.9 Å². The van der Waals surface area contributed by atoms with Gasteiger partial charge >= 0.3 is 5.97 Å². The molecule has 0 spiro atoms. The number of aliphatic carboxylic acids is 1. The van der Waals surface area contributed by atoms with Crippen molar-refractivity contribution in [1.82, 2.24) is 4.90 Å². The van der Waals surface area contributed by atoms with E-state index in [1.54, 1.807) is 6.08 Å². The van der Waals surface area contributed by atoms with Crippen molar-refractivity contribution in [2.45, 2.75) is 19.8 Å². The Kier molecular flexibility index (Phi) is 2.93. The van der Waals surface area contributed by atoms with Gasteiger partial charge in [-0.25, -0.2) is 0 Å². The molecule has 0 aromatic rings. The van der Waals surface area contributed by atoms with Crippen LogP contribution < -0.4 is 0 Å². The lowest BCUT2D eigenvalue weighted by molar-refractivity contribution is -0.153. The second-order valence-electron chi connectivity index (χ2n) is 3.52. The highest BCUT2D eigenvalue weighted by atomic mass is 16.4. The highest BCUT2D eigenvalue weighted by Gasteiger charge is 2.58. The number of amides is 1. The molecule has 14 heavy (non-hydrogen) atoms. The predicted octanol–water partition coefficient (Wildman–Crippen LogP) is 0.886. The number of carboxylic acids is 1. The second kappa shape index (κ2) is 3.82. The van der Waals surface area contributed by atoms with Gasteiger partial charge in [0.15, 0.2) is 0 Å². The molecule has 1 fully saturated rings. The minimum atomic E-state index is -1.11. The van der Waals surface area contributed by atoms with Crippen molar-refractivity contribution in [3.63, 3.8) is 0 Å². The van der Waals surface area contributed by atoms with Crippen molar-refractivity contribution in [1.29, 1.82) is 0 Å². The molecule has 1 aliphatic rings. The number of hydrogen-bond acceptors (Lipinski definition) is 2. The van der Waals surface area contributed by atoms with Gasteiger partial charge in [-0.15, -0.1) is 6.58 Å². The van der Waals surface area contributed by atoms with Crippen molar-refractivity contribution in [3.05, 3.63) is 12.7 Å². The molecule has 1 N–H and O–H groups in total. The van der Waals surface area contributed by atoms with E-state index in [-0.39, 0.29) is 5.91 Å². The van der Waals surface area contributed by atoms with Crippen LogP contribution in [0.1, 0.15) is 19.8 Å². The number of likely N-dealkylation sites (N-methyl/N-ethyl adjacent to an activating group) is 1. The third-order valence-electron chi connectivity index (χ3n) is 2.59. The first-order chi connectivity index (χ1) is 6.58. The molecular formula is C10H15NO3. The summed E-state index contributed by atoms with van der Waals surface area (Å²) in [7, 11) is 0. The van der Waals surface area contributed by atoms with E-state index in [0.717, 1.165) is 0 Å². The van der Waals surface area contributed by atoms with E-state index >= 15 is 0 Å². The number of rotatable bonds is 5. The van der Waals surface area contributed by atoms with Crippen LogP contribution in [0.15, 0.2) is 12.7 Å². The van der Waals surface area contributed by atoms with Crippen molar-refractivity contribution in [2.75, 3.05) is 13.1 Å². The molecule has 1 amide bonds. The van der Waals surface area contributed by atoms with E-state index in [2.05, 4.69) is 6.58 Å². The zero-order chi connectivity index (χ0) is 10.8. The maximum Gasteiger partial charge on any atom is 0.319 e. The Labute approximate surface area is 83.2 Å². The van der Waals surface area contributed by atoms with Crippen LogP contribution in [-0.2, 0) is 9.59 Å². The summed E-state index contributed by atoms with van der Waals surface area (Å²) in [4.78, 5) is 24.2. The molecule has 78 valence electrons. The largest absolute Gasteiger partial charge is 0.480 e. The summed E-state index contributed by atoms with van der Waals surface area (Å²) < 4.78 is 0. The third kappa shape index (κ3) is 1.64. The standard InChI is InChI=1S/C10H15NO3/c1-3-7-11(4-2)8(12)10(5-6-10)9(13)14/h3H,1,4-7H2,2H3,(H,13,14). The third-order valence-corrected chi connectivity index (χ3v) is 2.59. The van der Waals surface area contributed by atoms with E-state index in [9.17, 15) is 9.59 Å². The van der Waals surface area contributed by atoms with Gasteiger partial charge < -0.3 is 10.0 Å². The van der Waals surface area contributed by atoms with E-state index in [0.29, 0.717) is 25.9 Å². The Morgan fingerprint density at radius 1 is 1.57 bits per heavy atom. The second-order valence-corrected chi connectivity index (χ2v) is 3.52. The molecule has 0 aromatic heterocycles. The highest BCUT2D eigenvalue weighted by molar-refractivity contribution is 6.04. The first-order valence-corrected chi connectivity index (χ1v) is 4.72. The van der Waals surface area contributed by atoms with Gasteiger partial charge in [0.05, 0.1) is 0 Å². The predicted molar refractivity (Wildman–Crippen MR) is 51.8 cm³/mol. The molecule has 0 heterocycles. The molecule has 0 saturated heterocycles. The lowest BCUT2D eigenvalue weighted by atomic mass is 10.1. The van der Waals surface area contributed by atoms with Crippen molar-refractivity contribution in [3.8, 4) is 0 Å². The van der Waals surface area contributed by atoms with Gasteiger partial charge in [-0.3, -0.25) is 9.59 Å². The summed E-state index contributed by atoms with van der Waals surface area (Å²) in [5, 5.41) is 8.91. The van der Waals surface area contributed by atoms with E-state index in [1.807, 2.05) is 6.92 Å². The van der Waals surface area contributed by atoms with E-state index in [4.69, 9.17) is 5.11 Å². The Hall–Kier alpha value is -1.32. The summed E-state index contributed by atoms with van der Waals surface area (Å²) in [6.07, 6.45) is 2.54. The number of carbonyl (C=O) groups excluding carboxylic acids is 1. The number of carbonyl (C=O) groups is 2. The highest BCUT2D eigenvalue weighted by Crippen LogP contribution is 2.47. The van der Waals surface area contributed by atoms with Gasteiger partial charge in [0, 0.05) is 13.1 Å². The number of hydrogen-bond donors (Lipinski definition) is 1. The lowest BCUT2D eigenvalue weighted by Crippen LogP contribution is -2.40. The van der Waals surface area contributed by atoms with Crippen LogP contribution in [0.2, 0.25) is 0 Å². The molecule has 1 rings (SSSR count). The topological polar surface area (TPSA) is 57.6 Å². The fourth-order valence-electron chi connectivity index (χ4n) is 1.46. The molecule has 0 bridgehead atoms. The smallest absolute Gasteiger partial charge is 0.319 e. The summed E-state index contributed by atoms with van der Waals surface area (Å²) >= 11 is 0. The SMILES string of the molecule is C=CCN(CC)C(=O)C1(C(=O)O)CC1. The van der Waals surface area contributed by atoms with Crippen molar-refractivity contribution < 1.29 is 14.7 Å². The lowest BCUT2D eigenvalue weighted by Gasteiger charge is -2.22. The molecular weight excluding hydrogens is 182 g/mol. The number of nitrogens with zero attached hydrogens (tertiary/aromatic N) is 1. The fraction of sp³-hybridized carbons (Fsp3) is 0.600. The zero-order valence-electron chi connectivity index (χ0n) is 8.32. The van der Waals surface area contributed by atoms with Crippen molar-refractivity contribution in [2.24, 2.45) is 5.41 Å². The van der Waals surface area contributed by atoms with Crippen LogP contribution in [0.4, 0.5) is 0 Å². The number of carboxylic acid groups (broad SMARTS) is 1. The van der Waals surface area contributed by atoms with Crippen LogP contribution in [0.3, 0.4) is 0 Å². The Morgan fingerprint density at radius 2 is 2.14 bits per heavy atom. The van der Waals surface area contributed by atoms with E-state index < -0.39 is 11.4 Å². The Balaban J connectivity index is 2.72. The van der Waals surface area contributed by atoms with Gasteiger partial charge in [0.2, 0.25) is 5.91 Å².